The summed E-state index contributed by atoms with van der Waals surface area (Å²) >= 11 is 4.88. The third-order valence-electron chi connectivity index (χ3n) is 2.91. The van der Waals surface area contributed by atoms with Crippen molar-refractivity contribution >= 4 is 38.3 Å². The Morgan fingerprint density at radius 3 is 2.60 bits per heavy atom. The maximum atomic E-state index is 12.2. The minimum Gasteiger partial charge on any atom is -0.298 e. The number of carbonyl (C=O) groups is 1. The van der Waals surface area contributed by atoms with Crippen molar-refractivity contribution in [1.29, 1.82) is 0 Å². The van der Waals surface area contributed by atoms with Crippen LogP contribution >= 0.6 is 27.3 Å². The fourth-order valence-electron chi connectivity index (χ4n) is 1.63. The van der Waals surface area contributed by atoms with E-state index in [9.17, 15) is 4.79 Å². The number of anilines is 1. The Hall–Kier alpha value is -1.20. The molecule has 5 heteroatoms. The molecule has 2 aromatic rings. The van der Waals surface area contributed by atoms with Gasteiger partial charge in [-0.15, -0.1) is 11.3 Å². The Labute approximate surface area is 131 Å². The molecule has 1 aromatic heterocycles. The van der Waals surface area contributed by atoms with Gasteiger partial charge >= 0.3 is 0 Å². The van der Waals surface area contributed by atoms with Crippen LogP contribution in [0.5, 0.6) is 0 Å². The van der Waals surface area contributed by atoms with Crippen molar-refractivity contribution < 1.29 is 4.79 Å². The summed E-state index contributed by atoms with van der Waals surface area (Å²) in [4.78, 5) is 16.6. The first kappa shape index (κ1) is 15.2. The highest BCUT2D eigenvalue weighted by atomic mass is 79.9. The van der Waals surface area contributed by atoms with Crippen LogP contribution in [0, 0.1) is 6.92 Å². The molecule has 0 saturated carbocycles. The van der Waals surface area contributed by atoms with E-state index in [1.54, 1.807) is 6.07 Å². The lowest BCUT2D eigenvalue weighted by Crippen LogP contribution is -2.14. The second-order valence-electron chi connectivity index (χ2n) is 5.71. The van der Waals surface area contributed by atoms with E-state index in [0.29, 0.717) is 10.7 Å². The minimum absolute atomic E-state index is 0.00627. The number of aryl methyl sites for hydroxylation is 1. The van der Waals surface area contributed by atoms with Crippen molar-refractivity contribution in [2.75, 3.05) is 5.32 Å². The van der Waals surface area contributed by atoms with Gasteiger partial charge in [0, 0.05) is 20.8 Å². The van der Waals surface area contributed by atoms with Crippen molar-refractivity contribution in [3.05, 3.63) is 44.9 Å². The first-order valence-electron chi connectivity index (χ1n) is 6.31. The van der Waals surface area contributed by atoms with E-state index in [1.807, 2.05) is 24.4 Å². The number of aromatic nitrogens is 1. The van der Waals surface area contributed by atoms with Gasteiger partial charge in [-0.25, -0.2) is 4.98 Å². The molecule has 0 unspecified atom stereocenters. The van der Waals surface area contributed by atoms with Gasteiger partial charge in [0.25, 0.3) is 5.91 Å². The smallest absolute Gasteiger partial charge is 0.257 e. The zero-order chi connectivity index (χ0) is 14.9. The van der Waals surface area contributed by atoms with Gasteiger partial charge in [0.2, 0.25) is 0 Å². The Morgan fingerprint density at radius 2 is 2.05 bits per heavy atom. The highest BCUT2D eigenvalue weighted by Crippen LogP contribution is 2.26. The number of hydrogen-bond donors (Lipinski definition) is 1. The van der Waals surface area contributed by atoms with Crippen LogP contribution in [-0.4, -0.2) is 10.9 Å². The third-order valence-corrected chi connectivity index (χ3v) is 4.56. The van der Waals surface area contributed by atoms with E-state index < -0.39 is 0 Å². The molecule has 0 aliphatic heterocycles. The largest absolute Gasteiger partial charge is 0.298 e. The Bertz CT molecular complexity index is 644. The Morgan fingerprint density at radius 1 is 1.35 bits per heavy atom. The standard InChI is InChI=1S/C15H17BrN2OS/c1-9-7-10(5-6-11(9)16)13(19)18-14-17-12(8-20-14)15(2,3)4/h5-8H,1-4H3,(H,17,18,19). The minimum atomic E-state index is -0.129. The summed E-state index contributed by atoms with van der Waals surface area (Å²) in [6.07, 6.45) is 0. The van der Waals surface area contributed by atoms with E-state index >= 15 is 0 Å². The molecule has 0 spiro atoms. The topological polar surface area (TPSA) is 42.0 Å². The summed E-state index contributed by atoms with van der Waals surface area (Å²) < 4.78 is 0.998. The maximum Gasteiger partial charge on any atom is 0.257 e. The molecule has 0 saturated heterocycles. The normalized spacial score (nSPS) is 11.4. The maximum absolute atomic E-state index is 12.2. The first-order valence-corrected chi connectivity index (χ1v) is 7.98. The van der Waals surface area contributed by atoms with Gasteiger partial charge in [0.05, 0.1) is 5.69 Å². The van der Waals surface area contributed by atoms with Crippen LogP contribution in [-0.2, 0) is 5.41 Å². The number of rotatable bonds is 2. The van der Waals surface area contributed by atoms with Crippen molar-refractivity contribution in [3.8, 4) is 0 Å². The van der Waals surface area contributed by atoms with Crippen LogP contribution in [0.2, 0.25) is 0 Å². The lowest BCUT2D eigenvalue weighted by atomic mass is 9.93. The molecule has 2 rings (SSSR count). The van der Waals surface area contributed by atoms with E-state index in [4.69, 9.17) is 0 Å². The number of hydrogen-bond acceptors (Lipinski definition) is 3. The molecule has 1 aromatic carbocycles. The number of carbonyl (C=O) groups excluding carboxylic acids is 1. The van der Waals surface area contributed by atoms with Gasteiger partial charge < -0.3 is 0 Å². The molecule has 0 bridgehead atoms. The van der Waals surface area contributed by atoms with Crippen LogP contribution in [0.3, 0.4) is 0 Å². The molecule has 0 atom stereocenters. The van der Waals surface area contributed by atoms with E-state index in [2.05, 4.69) is 47.0 Å². The number of nitrogens with zero attached hydrogens (tertiary/aromatic N) is 1. The predicted molar refractivity (Wildman–Crippen MR) is 87.6 cm³/mol. The van der Waals surface area contributed by atoms with Crippen LogP contribution in [0.4, 0.5) is 5.13 Å². The SMILES string of the molecule is Cc1cc(C(=O)Nc2nc(C(C)(C)C)cs2)ccc1Br. The summed E-state index contributed by atoms with van der Waals surface area (Å²) in [6, 6.07) is 5.54. The summed E-state index contributed by atoms with van der Waals surface area (Å²) in [6.45, 7) is 8.27. The number of amides is 1. The Balaban J connectivity index is 2.15. The molecule has 3 nitrogen and oxygen atoms in total. The molecule has 106 valence electrons. The second kappa shape index (κ2) is 5.66. The quantitative estimate of drug-likeness (QED) is 0.846. The molecule has 1 N–H and O–H groups in total. The Kier molecular flexibility index (Phi) is 4.30. The average molecular weight is 353 g/mol. The van der Waals surface area contributed by atoms with Crippen molar-refractivity contribution in [3.63, 3.8) is 0 Å². The molecule has 0 aliphatic rings. The van der Waals surface area contributed by atoms with Gasteiger partial charge in [0.1, 0.15) is 0 Å². The zero-order valence-corrected chi connectivity index (χ0v) is 14.4. The van der Waals surface area contributed by atoms with Gasteiger partial charge in [-0.2, -0.15) is 0 Å². The molecular formula is C15H17BrN2OS. The summed E-state index contributed by atoms with van der Waals surface area (Å²) in [5, 5.41) is 5.48. The van der Waals surface area contributed by atoms with Crippen LogP contribution < -0.4 is 5.32 Å². The second-order valence-corrected chi connectivity index (χ2v) is 7.42. The molecule has 0 radical (unpaired) electrons. The summed E-state index contributed by atoms with van der Waals surface area (Å²) in [7, 11) is 0. The van der Waals surface area contributed by atoms with Gasteiger partial charge in [-0.3, -0.25) is 10.1 Å². The van der Waals surface area contributed by atoms with Crippen molar-refractivity contribution in [1.82, 2.24) is 4.98 Å². The van der Waals surface area contributed by atoms with Crippen molar-refractivity contribution in [2.45, 2.75) is 33.1 Å². The van der Waals surface area contributed by atoms with Crippen molar-refractivity contribution in [2.24, 2.45) is 0 Å². The number of benzene rings is 1. The number of nitrogens with one attached hydrogen (secondary N) is 1. The molecule has 1 heterocycles. The molecule has 0 aliphatic carbocycles. The lowest BCUT2D eigenvalue weighted by Gasteiger charge is -2.14. The van der Waals surface area contributed by atoms with E-state index in [-0.39, 0.29) is 11.3 Å². The third kappa shape index (κ3) is 3.46. The van der Waals surface area contributed by atoms with Crippen LogP contribution in [0.1, 0.15) is 42.4 Å². The first-order chi connectivity index (χ1) is 9.27. The van der Waals surface area contributed by atoms with Crippen LogP contribution in [0.25, 0.3) is 0 Å². The molecule has 1 amide bonds. The summed E-state index contributed by atoms with van der Waals surface area (Å²) in [5.41, 5.74) is 2.66. The highest BCUT2D eigenvalue weighted by Gasteiger charge is 2.18. The van der Waals surface area contributed by atoms with Gasteiger partial charge in [-0.1, -0.05) is 36.7 Å². The van der Waals surface area contributed by atoms with E-state index in [1.165, 1.54) is 11.3 Å². The summed E-state index contributed by atoms with van der Waals surface area (Å²) in [5.74, 6) is -0.129. The molecular weight excluding hydrogens is 336 g/mol. The fourth-order valence-corrected chi connectivity index (χ4v) is 2.81. The highest BCUT2D eigenvalue weighted by molar-refractivity contribution is 9.10. The zero-order valence-electron chi connectivity index (χ0n) is 12.0. The molecule has 0 fully saturated rings. The fraction of sp³-hybridized carbons (Fsp3) is 0.333. The van der Waals surface area contributed by atoms with Gasteiger partial charge in [-0.05, 0) is 30.7 Å². The lowest BCUT2D eigenvalue weighted by molar-refractivity contribution is 0.102. The number of thiazole rings is 1. The monoisotopic (exact) mass is 352 g/mol. The molecule has 20 heavy (non-hydrogen) atoms. The van der Waals surface area contributed by atoms with E-state index in [0.717, 1.165) is 15.7 Å². The number of halogens is 1. The average Bonchev–Trinajstić information content (AvgIpc) is 2.81. The van der Waals surface area contributed by atoms with Crippen LogP contribution in [0.15, 0.2) is 28.1 Å². The predicted octanol–water partition coefficient (Wildman–Crippen LogP) is 4.76. The van der Waals surface area contributed by atoms with Gasteiger partial charge in [0.15, 0.2) is 5.13 Å².